The minimum Gasteiger partial charge on any atom is -0.338 e. The highest BCUT2D eigenvalue weighted by molar-refractivity contribution is 7.98. The van der Waals surface area contributed by atoms with Crippen molar-refractivity contribution in [1.82, 2.24) is 10.1 Å². The van der Waals surface area contributed by atoms with Gasteiger partial charge in [-0.1, -0.05) is 53.2 Å². The number of nitrogens with zero attached hydrogens (tertiary/aromatic N) is 2. The standard InChI is InChI=1S/C17H14N2O2S/c1-12-7-9-13(10-8-12)16(20)17-18-15(21-19-17)11-22-14-5-3-2-4-6-14/h2-10H,11H2,1H3. The Bertz CT molecular complexity index is 767. The molecule has 0 spiro atoms. The van der Waals surface area contributed by atoms with Gasteiger partial charge in [0.25, 0.3) is 0 Å². The molecule has 0 saturated heterocycles. The molecule has 4 nitrogen and oxygen atoms in total. The first-order valence-corrected chi connectivity index (χ1v) is 7.83. The second-order valence-electron chi connectivity index (χ2n) is 4.81. The number of thioether (sulfide) groups is 1. The van der Waals surface area contributed by atoms with Gasteiger partial charge in [0.05, 0.1) is 5.75 Å². The topological polar surface area (TPSA) is 56.0 Å². The quantitative estimate of drug-likeness (QED) is 0.528. The van der Waals surface area contributed by atoms with E-state index in [0.29, 0.717) is 17.2 Å². The van der Waals surface area contributed by atoms with Gasteiger partial charge in [-0.05, 0) is 19.1 Å². The maximum absolute atomic E-state index is 12.3. The largest absolute Gasteiger partial charge is 0.338 e. The molecular weight excluding hydrogens is 296 g/mol. The van der Waals surface area contributed by atoms with Crippen LogP contribution < -0.4 is 0 Å². The van der Waals surface area contributed by atoms with Crippen molar-refractivity contribution < 1.29 is 9.32 Å². The summed E-state index contributed by atoms with van der Waals surface area (Å²) in [5.74, 6) is 0.870. The molecule has 0 N–H and O–H groups in total. The summed E-state index contributed by atoms with van der Waals surface area (Å²) in [5, 5.41) is 3.78. The van der Waals surface area contributed by atoms with Crippen molar-refractivity contribution in [3.8, 4) is 0 Å². The molecular formula is C17H14N2O2S. The molecule has 0 radical (unpaired) electrons. The SMILES string of the molecule is Cc1ccc(C(=O)c2noc(CSc3ccccc3)n2)cc1. The molecule has 2 aromatic carbocycles. The van der Waals surface area contributed by atoms with E-state index in [1.165, 1.54) is 0 Å². The zero-order chi connectivity index (χ0) is 15.4. The number of hydrogen-bond acceptors (Lipinski definition) is 5. The molecule has 0 atom stereocenters. The molecule has 5 heteroatoms. The first-order valence-electron chi connectivity index (χ1n) is 6.84. The molecule has 0 aliphatic carbocycles. The summed E-state index contributed by atoms with van der Waals surface area (Å²) in [7, 11) is 0. The number of ketones is 1. The molecule has 3 rings (SSSR count). The van der Waals surface area contributed by atoms with Gasteiger partial charge in [-0.25, -0.2) is 0 Å². The van der Waals surface area contributed by atoms with Crippen molar-refractivity contribution >= 4 is 17.5 Å². The maximum Gasteiger partial charge on any atom is 0.243 e. The van der Waals surface area contributed by atoms with Crippen molar-refractivity contribution in [3.63, 3.8) is 0 Å². The first-order chi connectivity index (χ1) is 10.7. The smallest absolute Gasteiger partial charge is 0.243 e. The fourth-order valence-corrected chi connectivity index (χ4v) is 2.66. The summed E-state index contributed by atoms with van der Waals surface area (Å²) >= 11 is 1.59. The van der Waals surface area contributed by atoms with Crippen LogP contribution in [0, 0.1) is 6.92 Å². The summed E-state index contributed by atoms with van der Waals surface area (Å²) < 4.78 is 5.15. The third-order valence-electron chi connectivity index (χ3n) is 3.09. The van der Waals surface area contributed by atoms with Gasteiger partial charge in [0.15, 0.2) is 0 Å². The van der Waals surface area contributed by atoms with Crippen molar-refractivity contribution in [2.75, 3.05) is 0 Å². The highest BCUT2D eigenvalue weighted by Crippen LogP contribution is 2.21. The van der Waals surface area contributed by atoms with Crippen LogP contribution in [0.25, 0.3) is 0 Å². The van der Waals surface area contributed by atoms with E-state index in [2.05, 4.69) is 10.1 Å². The highest BCUT2D eigenvalue weighted by atomic mass is 32.2. The minimum absolute atomic E-state index is 0.104. The molecule has 0 aliphatic rings. The molecule has 1 aromatic heterocycles. The maximum atomic E-state index is 12.3. The van der Waals surface area contributed by atoms with E-state index in [1.54, 1.807) is 23.9 Å². The van der Waals surface area contributed by atoms with E-state index >= 15 is 0 Å². The van der Waals surface area contributed by atoms with Gasteiger partial charge in [-0.2, -0.15) is 4.98 Å². The lowest BCUT2D eigenvalue weighted by atomic mass is 10.1. The predicted molar refractivity (Wildman–Crippen MR) is 84.9 cm³/mol. The lowest BCUT2D eigenvalue weighted by Gasteiger charge is -1.97. The van der Waals surface area contributed by atoms with Crippen LogP contribution in [0.3, 0.4) is 0 Å². The van der Waals surface area contributed by atoms with E-state index in [9.17, 15) is 4.79 Å². The molecule has 0 aliphatic heterocycles. The number of rotatable bonds is 5. The molecule has 1 heterocycles. The molecule has 0 fully saturated rings. The Hall–Kier alpha value is -2.40. The molecule has 0 bridgehead atoms. The Morgan fingerprint density at radius 1 is 1.09 bits per heavy atom. The number of aromatic nitrogens is 2. The Labute approximate surface area is 132 Å². The van der Waals surface area contributed by atoms with Gasteiger partial charge in [-0.15, -0.1) is 11.8 Å². The monoisotopic (exact) mass is 310 g/mol. The predicted octanol–water partition coefficient (Wildman–Crippen LogP) is 3.90. The number of carbonyl (C=O) groups excluding carboxylic acids is 1. The first kappa shape index (κ1) is 14.5. The zero-order valence-corrected chi connectivity index (χ0v) is 12.8. The number of aryl methyl sites for hydroxylation is 1. The van der Waals surface area contributed by atoms with E-state index in [-0.39, 0.29) is 11.6 Å². The number of hydrogen-bond donors (Lipinski definition) is 0. The number of carbonyl (C=O) groups is 1. The molecule has 0 saturated carbocycles. The van der Waals surface area contributed by atoms with Crippen molar-refractivity contribution in [2.45, 2.75) is 17.6 Å². The van der Waals surface area contributed by atoms with Crippen molar-refractivity contribution in [1.29, 1.82) is 0 Å². The van der Waals surface area contributed by atoms with Crippen LogP contribution in [0.15, 0.2) is 64.0 Å². The van der Waals surface area contributed by atoms with E-state index in [4.69, 9.17) is 4.52 Å². The van der Waals surface area contributed by atoms with E-state index in [0.717, 1.165) is 10.5 Å². The summed E-state index contributed by atoms with van der Waals surface area (Å²) in [6.07, 6.45) is 0. The molecule has 0 amide bonds. The van der Waals surface area contributed by atoms with Gasteiger partial charge in [-0.3, -0.25) is 4.79 Å². The lowest BCUT2D eigenvalue weighted by molar-refractivity contribution is 0.102. The third kappa shape index (κ3) is 3.43. The van der Waals surface area contributed by atoms with Crippen molar-refractivity contribution in [2.24, 2.45) is 0 Å². The third-order valence-corrected chi connectivity index (χ3v) is 4.09. The normalized spacial score (nSPS) is 10.6. The van der Waals surface area contributed by atoms with Crippen molar-refractivity contribution in [3.05, 3.63) is 77.4 Å². The fourth-order valence-electron chi connectivity index (χ4n) is 1.90. The van der Waals surface area contributed by atoms with Crippen LogP contribution >= 0.6 is 11.8 Å². The van der Waals surface area contributed by atoms with Gasteiger partial charge in [0.1, 0.15) is 0 Å². The Morgan fingerprint density at radius 3 is 2.55 bits per heavy atom. The van der Waals surface area contributed by atoms with Crippen LogP contribution in [0.5, 0.6) is 0 Å². The van der Waals surface area contributed by atoms with E-state index in [1.807, 2.05) is 49.4 Å². The van der Waals surface area contributed by atoms with Crippen LogP contribution in [-0.4, -0.2) is 15.9 Å². The fraction of sp³-hybridized carbons (Fsp3) is 0.118. The minimum atomic E-state index is -0.222. The van der Waals surface area contributed by atoms with Crippen LogP contribution in [0.4, 0.5) is 0 Å². The summed E-state index contributed by atoms with van der Waals surface area (Å²) in [4.78, 5) is 17.5. The van der Waals surface area contributed by atoms with Crippen LogP contribution in [0.2, 0.25) is 0 Å². The second kappa shape index (κ2) is 6.58. The zero-order valence-electron chi connectivity index (χ0n) is 12.0. The molecule has 110 valence electrons. The Morgan fingerprint density at radius 2 is 1.82 bits per heavy atom. The number of benzene rings is 2. The molecule has 3 aromatic rings. The van der Waals surface area contributed by atoms with Gasteiger partial charge >= 0.3 is 0 Å². The average Bonchev–Trinajstić information content (AvgIpc) is 3.03. The average molecular weight is 310 g/mol. The lowest BCUT2D eigenvalue weighted by Crippen LogP contribution is -2.03. The van der Waals surface area contributed by atoms with E-state index < -0.39 is 0 Å². The molecule has 22 heavy (non-hydrogen) atoms. The second-order valence-corrected chi connectivity index (χ2v) is 5.86. The van der Waals surface area contributed by atoms with Gasteiger partial charge < -0.3 is 4.52 Å². The molecule has 0 unspecified atom stereocenters. The summed E-state index contributed by atoms with van der Waals surface area (Å²) in [6, 6.07) is 17.3. The highest BCUT2D eigenvalue weighted by Gasteiger charge is 2.16. The summed E-state index contributed by atoms with van der Waals surface area (Å²) in [5.41, 5.74) is 1.67. The van der Waals surface area contributed by atoms with Gasteiger partial charge in [0, 0.05) is 10.5 Å². The van der Waals surface area contributed by atoms with Crippen LogP contribution in [-0.2, 0) is 5.75 Å². The van der Waals surface area contributed by atoms with Gasteiger partial charge in [0.2, 0.25) is 17.5 Å². The Balaban J connectivity index is 1.68. The summed E-state index contributed by atoms with van der Waals surface area (Å²) in [6.45, 7) is 1.97. The van der Waals surface area contributed by atoms with Crippen LogP contribution in [0.1, 0.15) is 27.6 Å². The Kier molecular flexibility index (Phi) is 4.34.